The molecule has 1 atom stereocenters. The fourth-order valence-corrected chi connectivity index (χ4v) is 4.61. The Morgan fingerprint density at radius 2 is 1.53 bits per heavy atom. The van der Waals surface area contributed by atoms with E-state index in [0.717, 1.165) is 11.1 Å². The molecule has 1 N–H and O–H groups in total. The van der Waals surface area contributed by atoms with Gasteiger partial charge in [0.2, 0.25) is 0 Å². The average molecular weight is 486 g/mol. The van der Waals surface area contributed by atoms with Crippen molar-refractivity contribution < 1.29 is 24.2 Å². The number of ether oxygens (including phenoxy) is 2. The first-order chi connectivity index (χ1) is 17.1. The van der Waals surface area contributed by atoms with E-state index >= 15 is 0 Å². The van der Waals surface area contributed by atoms with E-state index in [-0.39, 0.29) is 16.7 Å². The summed E-state index contributed by atoms with van der Waals surface area (Å²) in [5.74, 6) is -0.864. The minimum atomic E-state index is -0.898. The van der Waals surface area contributed by atoms with E-state index in [1.165, 1.54) is 19.1 Å². The topological polar surface area (TPSA) is 76.1 Å². The van der Waals surface area contributed by atoms with Crippen molar-refractivity contribution in [2.75, 3.05) is 19.1 Å². The number of para-hydroxylation sites is 2. The van der Waals surface area contributed by atoms with Gasteiger partial charge in [-0.3, -0.25) is 14.5 Å². The van der Waals surface area contributed by atoms with Crippen molar-refractivity contribution in [1.82, 2.24) is 0 Å². The summed E-state index contributed by atoms with van der Waals surface area (Å²) >= 11 is 0. The number of benzene rings is 3. The smallest absolute Gasteiger partial charge is 0.300 e. The van der Waals surface area contributed by atoms with Crippen LogP contribution in [-0.2, 0) is 15.0 Å². The number of methoxy groups -OCH3 is 2. The second-order valence-electron chi connectivity index (χ2n) is 9.86. The minimum Gasteiger partial charge on any atom is -0.507 e. The van der Waals surface area contributed by atoms with Gasteiger partial charge in [0.15, 0.2) is 0 Å². The number of aliphatic hydroxyl groups excluding tert-OH is 1. The summed E-state index contributed by atoms with van der Waals surface area (Å²) in [7, 11) is 3.04. The number of aliphatic hydroxyl groups is 1. The van der Waals surface area contributed by atoms with Gasteiger partial charge in [-0.2, -0.15) is 0 Å². The third kappa shape index (κ3) is 4.24. The van der Waals surface area contributed by atoms with Crippen molar-refractivity contribution in [3.8, 4) is 11.5 Å². The molecule has 0 spiro atoms. The van der Waals surface area contributed by atoms with Crippen molar-refractivity contribution in [1.29, 1.82) is 0 Å². The lowest BCUT2D eigenvalue weighted by Gasteiger charge is -2.28. The maximum absolute atomic E-state index is 13.6. The van der Waals surface area contributed by atoms with Gasteiger partial charge in [-0.25, -0.2) is 0 Å². The molecular weight excluding hydrogens is 454 g/mol. The number of hydrogen-bond acceptors (Lipinski definition) is 5. The van der Waals surface area contributed by atoms with E-state index in [1.807, 2.05) is 49.4 Å². The summed E-state index contributed by atoms with van der Waals surface area (Å²) in [4.78, 5) is 28.6. The summed E-state index contributed by atoms with van der Waals surface area (Å²) in [5, 5.41) is 11.7. The Bertz CT molecular complexity index is 1370. The number of carbonyl (C=O) groups excluding carboxylic acids is 2. The number of anilines is 1. The number of ketones is 1. The molecule has 6 nitrogen and oxygen atoms in total. The average Bonchev–Trinajstić information content (AvgIpc) is 3.12. The Balaban J connectivity index is 2.05. The first-order valence-corrected chi connectivity index (χ1v) is 11.8. The van der Waals surface area contributed by atoms with Crippen LogP contribution in [0.4, 0.5) is 5.69 Å². The SMILES string of the molecule is COc1ccc(C(C)(C)C)cc1/C(O)=C1\C(=O)C(=O)N(c2ccccc2C)C1c1ccccc1OC. The largest absolute Gasteiger partial charge is 0.507 e. The maximum Gasteiger partial charge on any atom is 0.300 e. The van der Waals surface area contributed by atoms with E-state index in [0.29, 0.717) is 28.3 Å². The highest BCUT2D eigenvalue weighted by Crippen LogP contribution is 2.46. The zero-order valence-electron chi connectivity index (χ0n) is 21.5. The monoisotopic (exact) mass is 485 g/mol. The van der Waals surface area contributed by atoms with Crippen LogP contribution in [-0.4, -0.2) is 31.0 Å². The van der Waals surface area contributed by atoms with Crippen LogP contribution in [0.25, 0.3) is 5.76 Å². The quantitative estimate of drug-likeness (QED) is 0.275. The molecule has 0 aromatic heterocycles. The van der Waals surface area contributed by atoms with Crippen LogP contribution < -0.4 is 14.4 Å². The van der Waals surface area contributed by atoms with Gasteiger partial charge in [0.25, 0.3) is 11.7 Å². The van der Waals surface area contributed by atoms with E-state index in [4.69, 9.17) is 9.47 Å². The molecule has 3 aromatic rings. The Morgan fingerprint density at radius 3 is 2.17 bits per heavy atom. The van der Waals surface area contributed by atoms with Gasteiger partial charge in [-0.05, 0) is 47.7 Å². The number of nitrogens with zero attached hydrogens (tertiary/aromatic N) is 1. The van der Waals surface area contributed by atoms with Gasteiger partial charge < -0.3 is 14.6 Å². The highest BCUT2D eigenvalue weighted by Gasteiger charge is 2.48. The molecule has 4 rings (SSSR count). The number of carbonyl (C=O) groups is 2. The van der Waals surface area contributed by atoms with Gasteiger partial charge in [0.1, 0.15) is 17.3 Å². The molecule has 3 aromatic carbocycles. The molecule has 186 valence electrons. The third-order valence-corrected chi connectivity index (χ3v) is 6.57. The van der Waals surface area contributed by atoms with Gasteiger partial charge in [0.05, 0.1) is 31.4 Å². The van der Waals surface area contributed by atoms with Crippen molar-refractivity contribution >= 4 is 23.1 Å². The Labute approximate surface area is 211 Å². The van der Waals surface area contributed by atoms with Crippen LogP contribution in [0, 0.1) is 6.92 Å². The van der Waals surface area contributed by atoms with E-state index in [2.05, 4.69) is 20.8 Å². The van der Waals surface area contributed by atoms with Crippen LogP contribution >= 0.6 is 0 Å². The predicted octanol–water partition coefficient (Wildman–Crippen LogP) is 5.94. The summed E-state index contributed by atoms with van der Waals surface area (Å²) < 4.78 is 11.2. The Hall–Kier alpha value is -4.06. The summed E-state index contributed by atoms with van der Waals surface area (Å²) in [6, 6.07) is 19.2. The van der Waals surface area contributed by atoms with Gasteiger partial charge >= 0.3 is 0 Å². The maximum atomic E-state index is 13.6. The first-order valence-electron chi connectivity index (χ1n) is 11.8. The summed E-state index contributed by atoms with van der Waals surface area (Å²) in [6.45, 7) is 8.06. The predicted molar refractivity (Wildman–Crippen MR) is 141 cm³/mol. The molecule has 0 radical (unpaired) electrons. The lowest BCUT2D eigenvalue weighted by molar-refractivity contribution is -0.132. The fraction of sp³-hybridized carbons (Fsp3) is 0.267. The first kappa shape index (κ1) is 25.0. The molecule has 1 aliphatic heterocycles. The fourth-order valence-electron chi connectivity index (χ4n) is 4.61. The molecular formula is C30H31NO5. The van der Waals surface area contributed by atoms with Crippen LogP contribution in [0.3, 0.4) is 0 Å². The van der Waals surface area contributed by atoms with Gasteiger partial charge in [0, 0.05) is 11.3 Å². The van der Waals surface area contributed by atoms with E-state index in [1.54, 1.807) is 24.3 Å². The third-order valence-electron chi connectivity index (χ3n) is 6.57. The second-order valence-corrected chi connectivity index (χ2v) is 9.86. The van der Waals surface area contributed by atoms with Crippen molar-refractivity contribution in [2.24, 2.45) is 0 Å². The van der Waals surface area contributed by atoms with Crippen molar-refractivity contribution in [3.05, 3.63) is 94.6 Å². The molecule has 1 fully saturated rings. The molecule has 1 saturated heterocycles. The van der Waals surface area contributed by atoms with E-state index < -0.39 is 17.7 Å². The Morgan fingerprint density at radius 1 is 0.889 bits per heavy atom. The molecule has 1 aliphatic rings. The zero-order valence-corrected chi connectivity index (χ0v) is 21.5. The molecule has 1 heterocycles. The van der Waals surface area contributed by atoms with Crippen molar-refractivity contribution in [2.45, 2.75) is 39.2 Å². The number of amides is 1. The van der Waals surface area contributed by atoms with Crippen LogP contribution in [0.5, 0.6) is 11.5 Å². The van der Waals surface area contributed by atoms with Crippen LogP contribution in [0.2, 0.25) is 0 Å². The number of hydrogen-bond donors (Lipinski definition) is 1. The van der Waals surface area contributed by atoms with Crippen molar-refractivity contribution in [3.63, 3.8) is 0 Å². The molecule has 0 aliphatic carbocycles. The van der Waals surface area contributed by atoms with Gasteiger partial charge in [-0.15, -0.1) is 0 Å². The summed E-state index contributed by atoms with van der Waals surface area (Å²) in [5.41, 5.74) is 3.08. The highest BCUT2D eigenvalue weighted by molar-refractivity contribution is 6.51. The Kier molecular flexibility index (Phi) is 6.63. The van der Waals surface area contributed by atoms with Gasteiger partial charge in [-0.1, -0.05) is 63.2 Å². The highest BCUT2D eigenvalue weighted by atomic mass is 16.5. The molecule has 1 amide bonds. The molecule has 6 heteroatoms. The lowest BCUT2D eigenvalue weighted by Crippen LogP contribution is -2.30. The molecule has 1 unspecified atom stereocenters. The zero-order chi connectivity index (χ0) is 26.2. The number of aryl methyl sites for hydroxylation is 1. The minimum absolute atomic E-state index is 0.0166. The molecule has 36 heavy (non-hydrogen) atoms. The van der Waals surface area contributed by atoms with Crippen LogP contribution in [0.1, 0.15) is 49.1 Å². The summed E-state index contributed by atoms with van der Waals surface area (Å²) in [6.07, 6.45) is 0. The number of rotatable bonds is 5. The lowest BCUT2D eigenvalue weighted by atomic mass is 9.85. The number of Topliss-reactive ketones (excluding diaryl/α,β-unsaturated/α-hetero) is 1. The van der Waals surface area contributed by atoms with Crippen LogP contribution in [0.15, 0.2) is 72.3 Å². The normalized spacial score (nSPS) is 17.4. The standard InChI is InChI=1S/C30H31NO5/c1-18-11-7-9-13-22(18)31-26(20-12-8-10-14-23(20)35-5)25(28(33)29(31)34)27(32)21-17-19(30(2,3)4)15-16-24(21)36-6/h7-17,26,32H,1-6H3/b27-25+. The molecule has 0 saturated carbocycles. The molecule has 0 bridgehead atoms. The van der Waals surface area contributed by atoms with E-state index in [9.17, 15) is 14.7 Å². The second kappa shape index (κ2) is 9.53.